The number of aliphatic imine (C=N–C) groups is 1. The topological polar surface area (TPSA) is 54.9 Å². The molecule has 0 aliphatic heterocycles. The molecule has 150 valence electrons. The molecule has 0 radical (unpaired) electrons. The Morgan fingerprint density at radius 3 is 2.64 bits per heavy atom. The van der Waals surface area contributed by atoms with Crippen molar-refractivity contribution in [1.82, 2.24) is 10.6 Å². The molecule has 0 saturated heterocycles. The van der Waals surface area contributed by atoms with Crippen molar-refractivity contribution in [3.05, 3.63) is 65.0 Å². The van der Waals surface area contributed by atoms with Crippen molar-refractivity contribution < 1.29 is 13.9 Å². The molecule has 5 nitrogen and oxygen atoms in total. The van der Waals surface area contributed by atoms with E-state index in [1.807, 2.05) is 18.2 Å². The summed E-state index contributed by atoms with van der Waals surface area (Å²) < 4.78 is 24.7. The number of guanidine groups is 1. The van der Waals surface area contributed by atoms with Crippen molar-refractivity contribution in [3.63, 3.8) is 0 Å². The summed E-state index contributed by atoms with van der Waals surface area (Å²) in [5.74, 6) is 2.06. The third-order valence-corrected chi connectivity index (χ3v) is 4.68. The number of benzene rings is 2. The van der Waals surface area contributed by atoms with Crippen LogP contribution in [0.5, 0.6) is 5.75 Å². The zero-order valence-corrected chi connectivity index (χ0v) is 16.5. The number of hydrogen-bond donors (Lipinski definition) is 2. The fraction of sp³-hybridized carbons (Fsp3) is 0.409. The van der Waals surface area contributed by atoms with Crippen LogP contribution in [-0.4, -0.2) is 26.7 Å². The fourth-order valence-electron chi connectivity index (χ4n) is 2.87. The Bertz CT molecular complexity index is 806. The Morgan fingerprint density at radius 2 is 1.89 bits per heavy atom. The van der Waals surface area contributed by atoms with E-state index >= 15 is 0 Å². The van der Waals surface area contributed by atoms with Gasteiger partial charge in [0.1, 0.15) is 11.6 Å². The lowest BCUT2D eigenvalue weighted by Crippen LogP contribution is -2.36. The van der Waals surface area contributed by atoms with Gasteiger partial charge in [0.05, 0.1) is 13.2 Å². The largest absolute Gasteiger partial charge is 0.493 e. The molecule has 2 aromatic rings. The molecule has 0 spiro atoms. The lowest BCUT2D eigenvalue weighted by molar-refractivity contribution is 0.181. The maximum absolute atomic E-state index is 13.7. The average Bonchev–Trinajstić information content (AvgIpc) is 3.54. The summed E-state index contributed by atoms with van der Waals surface area (Å²) in [4.78, 5) is 4.26. The monoisotopic (exact) mass is 385 g/mol. The highest BCUT2D eigenvalue weighted by molar-refractivity contribution is 5.79. The van der Waals surface area contributed by atoms with Crippen LogP contribution in [0.4, 0.5) is 4.39 Å². The Balaban J connectivity index is 1.53. The van der Waals surface area contributed by atoms with E-state index in [0.717, 1.165) is 23.5 Å². The molecule has 1 saturated carbocycles. The highest BCUT2D eigenvalue weighted by Gasteiger charge is 2.22. The molecule has 0 unspecified atom stereocenters. The van der Waals surface area contributed by atoms with Crippen molar-refractivity contribution in [2.45, 2.75) is 32.5 Å². The number of para-hydroxylation sites is 1. The van der Waals surface area contributed by atoms with Crippen LogP contribution in [0.15, 0.2) is 47.5 Å². The molecule has 6 heteroatoms. The molecule has 1 fully saturated rings. The second-order valence-corrected chi connectivity index (χ2v) is 7.00. The van der Waals surface area contributed by atoms with E-state index in [0.29, 0.717) is 30.5 Å². The zero-order chi connectivity index (χ0) is 19.8. The Kier molecular flexibility index (Phi) is 7.25. The smallest absolute Gasteiger partial charge is 0.191 e. The minimum Gasteiger partial charge on any atom is -0.493 e. The van der Waals surface area contributed by atoms with E-state index in [-0.39, 0.29) is 12.4 Å². The van der Waals surface area contributed by atoms with Gasteiger partial charge in [-0.15, -0.1) is 0 Å². The maximum atomic E-state index is 13.7. The lowest BCUT2D eigenvalue weighted by Gasteiger charge is -2.15. The van der Waals surface area contributed by atoms with Gasteiger partial charge in [-0.3, -0.25) is 4.99 Å². The number of nitrogens with one attached hydrogen (secondary N) is 2. The summed E-state index contributed by atoms with van der Waals surface area (Å²) in [6.45, 7) is 2.19. The molecule has 0 amide bonds. The van der Waals surface area contributed by atoms with Crippen molar-refractivity contribution in [3.8, 4) is 5.75 Å². The minimum atomic E-state index is -0.254. The van der Waals surface area contributed by atoms with Crippen molar-refractivity contribution >= 4 is 5.96 Å². The highest BCUT2D eigenvalue weighted by atomic mass is 19.1. The molecule has 2 N–H and O–H groups in total. The van der Waals surface area contributed by atoms with Crippen LogP contribution in [0, 0.1) is 11.7 Å². The van der Waals surface area contributed by atoms with Gasteiger partial charge in [-0.1, -0.05) is 24.3 Å². The lowest BCUT2D eigenvalue weighted by atomic mass is 10.1. The summed E-state index contributed by atoms with van der Waals surface area (Å²) in [6.07, 6.45) is 2.54. The first-order valence-corrected chi connectivity index (χ1v) is 9.61. The number of halogens is 1. The van der Waals surface area contributed by atoms with E-state index in [1.165, 1.54) is 18.9 Å². The minimum absolute atomic E-state index is 0.254. The Labute approximate surface area is 166 Å². The molecule has 2 aromatic carbocycles. The van der Waals surface area contributed by atoms with Gasteiger partial charge >= 0.3 is 0 Å². The molecule has 0 heterocycles. The fourth-order valence-corrected chi connectivity index (χ4v) is 2.87. The van der Waals surface area contributed by atoms with Crippen molar-refractivity contribution in [2.75, 3.05) is 20.8 Å². The van der Waals surface area contributed by atoms with E-state index in [2.05, 4.69) is 21.7 Å². The van der Waals surface area contributed by atoms with Crippen LogP contribution in [0.1, 0.15) is 29.5 Å². The normalized spacial score (nSPS) is 14.0. The van der Waals surface area contributed by atoms with Crippen LogP contribution in [0.25, 0.3) is 0 Å². The standard InChI is InChI=1S/C22H28FN3O2/c1-24-22(25-12-17-9-10-20(23)19(11-17)15-27-2)26-13-18-5-3-4-6-21(18)28-14-16-7-8-16/h3-6,9-11,16H,7-8,12-15H2,1-2H3,(H2,24,25,26). The average molecular weight is 385 g/mol. The molecule has 0 bridgehead atoms. The van der Waals surface area contributed by atoms with Gasteiger partial charge < -0.3 is 20.1 Å². The van der Waals surface area contributed by atoms with E-state index in [9.17, 15) is 4.39 Å². The van der Waals surface area contributed by atoms with Gasteiger partial charge in [-0.2, -0.15) is 0 Å². The molecule has 1 aliphatic rings. The number of rotatable bonds is 9. The third-order valence-electron chi connectivity index (χ3n) is 4.68. The predicted molar refractivity (Wildman–Crippen MR) is 109 cm³/mol. The zero-order valence-electron chi connectivity index (χ0n) is 16.5. The maximum Gasteiger partial charge on any atom is 0.191 e. The predicted octanol–water partition coefficient (Wildman–Crippen LogP) is 3.63. The van der Waals surface area contributed by atoms with Gasteiger partial charge in [-0.05, 0) is 42.5 Å². The van der Waals surface area contributed by atoms with Gasteiger partial charge in [-0.25, -0.2) is 4.39 Å². The Hall–Kier alpha value is -2.60. The molecule has 28 heavy (non-hydrogen) atoms. The molecule has 3 rings (SSSR count). The highest BCUT2D eigenvalue weighted by Crippen LogP contribution is 2.30. The third kappa shape index (κ3) is 5.96. The van der Waals surface area contributed by atoms with Gasteiger partial charge in [0.15, 0.2) is 5.96 Å². The van der Waals surface area contributed by atoms with E-state index in [4.69, 9.17) is 9.47 Å². The van der Waals surface area contributed by atoms with Crippen molar-refractivity contribution in [2.24, 2.45) is 10.9 Å². The molecule has 1 aliphatic carbocycles. The van der Waals surface area contributed by atoms with Gasteiger partial charge in [0, 0.05) is 38.4 Å². The quantitative estimate of drug-likeness (QED) is 0.511. The molecule has 0 atom stereocenters. The van der Waals surface area contributed by atoms with Crippen LogP contribution in [-0.2, 0) is 24.4 Å². The van der Waals surface area contributed by atoms with Gasteiger partial charge in [0.2, 0.25) is 0 Å². The molecular weight excluding hydrogens is 357 g/mol. The van der Waals surface area contributed by atoms with Crippen LogP contribution >= 0.6 is 0 Å². The first kappa shape index (κ1) is 20.1. The van der Waals surface area contributed by atoms with Crippen LogP contribution in [0.2, 0.25) is 0 Å². The first-order valence-electron chi connectivity index (χ1n) is 9.61. The second-order valence-electron chi connectivity index (χ2n) is 7.00. The second kappa shape index (κ2) is 10.1. The number of methoxy groups -OCH3 is 1. The number of hydrogen-bond acceptors (Lipinski definition) is 3. The Morgan fingerprint density at radius 1 is 1.11 bits per heavy atom. The SMILES string of the molecule is CN=C(NCc1ccc(F)c(COC)c1)NCc1ccccc1OCC1CC1. The van der Waals surface area contributed by atoms with E-state index < -0.39 is 0 Å². The van der Waals surface area contributed by atoms with E-state index in [1.54, 1.807) is 26.3 Å². The summed E-state index contributed by atoms with van der Waals surface area (Å²) in [7, 11) is 3.29. The number of nitrogens with zero attached hydrogens (tertiary/aromatic N) is 1. The van der Waals surface area contributed by atoms with Gasteiger partial charge in [0.25, 0.3) is 0 Å². The summed E-state index contributed by atoms with van der Waals surface area (Å²) >= 11 is 0. The molecule has 0 aromatic heterocycles. The van der Waals surface area contributed by atoms with Crippen LogP contribution < -0.4 is 15.4 Å². The molecular formula is C22H28FN3O2. The number of ether oxygens (including phenoxy) is 2. The summed E-state index contributed by atoms with van der Waals surface area (Å²) in [5.41, 5.74) is 2.60. The summed E-state index contributed by atoms with van der Waals surface area (Å²) in [5, 5.41) is 6.57. The summed E-state index contributed by atoms with van der Waals surface area (Å²) in [6, 6.07) is 13.1. The first-order chi connectivity index (χ1) is 13.7. The van der Waals surface area contributed by atoms with Crippen molar-refractivity contribution in [1.29, 1.82) is 0 Å². The van der Waals surface area contributed by atoms with Crippen LogP contribution in [0.3, 0.4) is 0 Å².